The van der Waals surface area contributed by atoms with Crippen molar-refractivity contribution in [2.24, 2.45) is 0 Å². The summed E-state index contributed by atoms with van der Waals surface area (Å²) in [5, 5.41) is 9.35. The lowest BCUT2D eigenvalue weighted by Gasteiger charge is -2.15. The van der Waals surface area contributed by atoms with Crippen LogP contribution >= 0.6 is 0 Å². The lowest BCUT2D eigenvalue weighted by Crippen LogP contribution is -2.15. The normalized spacial score (nSPS) is 12.0. The summed E-state index contributed by atoms with van der Waals surface area (Å²) in [6.45, 7) is 4.20. The first-order valence-corrected chi connectivity index (χ1v) is 7.16. The highest BCUT2D eigenvalue weighted by molar-refractivity contribution is 5.76. The molecule has 1 unspecified atom stereocenters. The standard InChI is InChI=1S/C18H19FO3/c1-12-4-3-5-13(2)17(12)22-11-10-16(18(20)21)14-6-8-15(19)9-7-14/h3-9,16H,10-11H2,1-2H3,(H,20,21). The molecule has 1 N–H and O–H groups in total. The Morgan fingerprint density at radius 1 is 1.14 bits per heavy atom. The van der Waals surface area contributed by atoms with Gasteiger partial charge in [-0.3, -0.25) is 4.79 Å². The van der Waals surface area contributed by atoms with Crippen LogP contribution in [-0.4, -0.2) is 17.7 Å². The molecule has 0 aliphatic rings. The SMILES string of the molecule is Cc1cccc(C)c1OCCC(C(=O)O)c1ccc(F)cc1. The largest absolute Gasteiger partial charge is 0.493 e. The maximum Gasteiger partial charge on any atom is 0.311 e. The third-order valence-electron chi connectivity index (χ3n) is 3.63. The minimum atomic E-state index is -0.934. The maximum absolute atomic E-state index is 12.9. The minimum Gasteiger partial charge on any atom is -0.493 e. The Kier molecular flexibility index (Phi) is 5.15. The van der Waals surface area contributed by atoms with E-state index in [9.17, 15) is 14.3 Å². The van der Waals surface area contributed by atoms with E-state index in [4.69, 9.17) is 4.74 Å². The van der Waals surface area contributed by atoms with Crippen LogP contribution < -0.4 is 4.74 Å². The second kappa shape index (κ2) is 7.07. The predicted molar refractivity (Wildman–Crippen MR) is 82.8 cm³/mol. The van der Waals surface area contributed by atoms with Gasteiger partial charge in [-0.2, -0.15) is 0 Å². The number of carbonyl (C=O) groups is 1. The molecule has 0 aliphatic carbocycles. The Morgan fingerprint density at radius 2 is 1.73 bits per heavy atom. The van der Waals surface area contributed by atoms with Gasteiger partial charge in [-0.05, 0) is 49.1 Å². The second-order valence-electron chi connectivity index (χ2n) is 5.30. The van der Waals surface area contributed by atoms with Gasteiger partial charge < -0.3 is 9.84 Å². The van der Waals surface area contributed by atoms with E-state index < -0.39 is 11.9 Å². The fourth-order valence-corrected chi connectivity index (χ4v) is 2.43. The fraction of sp³-hybridized carbons (Fsp3) is 0.278. The third kappa shape index (κ3) is 3.85. The van der Waals surface area contributed by atoms with Crippen molar-refractivity contribution in [2.45, 2.75) is 26.2 Å². The molecule has 0 aromatic heterocycles. The van der Waals surface area contributed by atoms with Gasteiger partial charge in [-0.25, -0.2) is 4.39 Å². The Labute approximate surface area is 129 Å². The molecular formula is C18H19FO3. The van der Waals surface area contributed by atoms with Crippen molar-refractivity contribution >= 4 is 5.97 Å². The summed E-state index contributed by atoms with van der Waals surface area (Å²) in [4.78, 5) is 11.4. The number of hydrogen-bond donors (Lipinski definition) is 1. The number of aliphatic carboxylic acids is 1. The van der Waals surface area contributed by atoms with Crippen molar-refractivity contribution in [3.63, 3.8) is 0 Å². The summed E-state index contributed by atoms with van der Waals surface area (Å²) < 4.78 is 18.7. The molecule has 0 spiro atoms. The molecule has 0 fully saturated rings. The molecule has 4 heteroatoms. The van der Waals surface area contributed by atoms with Crippen molar-refractivity contribution in [2.75, 3.05) is 6.61 Å². The quantitative estimate of drug-likeness (QED) is 0.874. The minimum absolute atomic E-state index is 0.292. The van der Waals surface area contributed by atoms with Gasteiger partial charge in [0.25, 0.3) is 0 Å². The Morgan fingerprint density at radius 3 is 2.27 bits per heavy atom. The molecule has 0 bridgehead atoms. The van der Waals surface area contributed by atoms with Gasteiger partial charge >= 0.3 is 5.97 Å². The first-order chi connectivity index (χ1) is 10.5. The fourth-order valence-electron chi connectivity index (χ4n) is 2.43. The number of ether oxygens (including phenoxy) is 1. The van der Waals surface area contributed by atoms with E-state index >= 15 is 0 Å². The molecule has 1 atom stereocenters. The van der Waals surface area contributed by atoms with Gasteiger partial charge in [0.15, 0.2) is 0 Å². The van der Waals surface area contributed by atoms with Crippen LogP contribution in [0.3, 0.4) is 0 Å². The van der Waals surface area contributed by atoms with Gasteiger partial charge in [-0.1, -0.05) is 30.3 Å². The summed E-state index contributed by atoms with van der Waals surface area (Å²) >= 11 is 0. The van der Waals surface area contributed by atoms with Crippen LogP contribution in [0.5, 0.6) is 5.75 Å². The van der Waals surface area contributed by atoms with E-state index in [0.717, 1.165) is 16.9 Å². The van der Waals surface area contributed by atoms with Crippen LogP contribution in [-0.2, 0) is 4.79 Å². The smallest absolute Gasteiger partial charge is 0.311 e. The number of halogens is 1. The molecule has 0 saturated carbocycles. The van der Waals surface area contributed by atoms with E-state index in [1.165, 1.54) is 24.3 Å². The molecule has 2 aromatic carbocycles. The summed E-state index contributed by atoms with van der Waals surface area (Å²) in [5.41, 5.74) is 2.63. The van der Waals surface area contributed by atoms with Crippen LogP contribution in [0.25, 0.3) is 0 Å². The Hall–Kier alpha value is -2.36. The van der Waals surface area contributed by atoms with Gasteiger partial charge in [0.1, 0.15) is 11.6 Å². The lowest BCUT2D eigenvalue weighted by molar-refractivity contribution is -0.139. The number of benzene rings is 2. The summed E-state index contributed by atoms with van der Waals surface area (Å²) in [6, 6.07) is 11.4. The number of para-hydroxylation sites is 1. The molecule has 0 heterocycles. The first kappa shape index (κ1) is 16.0. The molecule has 3 nitrogen and oxygen atoms in total. The van der Waals surface area contributed by atoms with E-state index in [2.05, 4.69) is 0 Å². The maximum atomic E-state index is 12.9. The van der Waals surface area contributed by atoms with Crippen LogP contribution in [0, 0.1) is 19.7 Å². The highest BCUT2D eigenvalue weighted by Crippen LogP contribution is 2.25. The van der Waals surface area contributed by atoms with Gasteiger partial charge in [0.05, 0.1) is 12.5 Å². The van der Waals surface area contributed by atoms with Gasteiger partial charge in [0, 0.05) is 0 Å². The molecule has 0 aliphatic heterocycles. The van der Waals surface area contributed by atoms with Crippen LogP contribution in [0.2, 0.25) is 0 Å². The molecule has 116 valence electrons. The zero-order valence-corrected chi connectivity index (χ0v) is 12.7. The van der Waals surface area contributed by atoms with Crippen molar-refractivity contribution in [1.82, 2.24) is 0 Å². The van der Waals surface area contributed by atoms with Crippen molar-refractivity contribution < 1.29 is 19.0 Å². The molecule has 0 radical (unpaired) electrons. The van der Waals surface area contributed by atoms with Crippen LogP contribution in [0.15, 0.2) is 42.5 Å². The van der Waals surface area contributed by atoms with Crippen molar-refractivity contribution in [3.8, 4) is 5.75 Å². The molecule has 2 aromatic rings. The van der Waals surface area contributed by atoms with Gasteiger partial charge in [-0.15, -0.1) is 0 Å². The van der Waals surface area contributed by atoms with Crippen molar-refractivity contribution in [3.05, 3.63) is 65.0 Å². The van der Waals surface area contributed by atoms with E-state index in [0.29, 0.717) is 18.6 Å². The molecule has 22 heavy (non-hydrogen) atoms. The highest BCUT2D eigenvalue weighted by atomic mass is 19.1. The second-order valence-corrected chi connectivity index (χ2v) is 5.30. The van der Waals surface area contributed by atoms with Crippen LogP contribution in [0.4, 0.5) is 4.39 Å². The zero-order chi connectivity index (χ0) is 16.1. The summed E-state index contributed by atoms with van der Waals surface area (Å²) in [5.74, 6) is -1.22. The predicted octanol–water partition coefficient (Wildman–Crippen LogP) is 4.08. The average Bonchev–Trinajstić information content (AvgIpc) is 2.47. The molecule has 0 saturated heterocycles. The van der Waals surface area contributed by atoms with Crippen LogP contribution in [0.1, 0.15) is 29.0 Å². The molecule has 0 amide bonds. The number of rotatable bonds is 6. The van der Waals surface area contributed by atoms with E-state index in [1.807, 2.05) is 32.0 Å². The monoisotopic (exact) mass is 302 g/mol. The molecule has 2 rings (SSSR count). The Balaban J connectivity index is 2.04. The molecular weight excluding hydrogens is 283 g/mol. The first-order valence-electron chi connectivity index (χ1n) is 7.16. The number of aryl methyl sites for hydroxylation is 2. The highest BCUT2D eigenvalue weighted by Gasteiger charge is 2.20. The third-order valence-corrected chi connectivity index (χ3v) is 3.63. The number of hydrogen-bond acceptors (Lipinski definition) is 2. The summed E-state index contributed by atoms with van der Waals surface area (Å²) in [7, 11) is 0. The topological polar surface area (TPSA) is 46.5 Å². The average molecular weight is 302 g/mol. The van der Waals surface area contributed by atoms with E-state index in [1.54, 1.807) is 0 Å². The summed E-state index contributed by atoms with van der Waals surface area (Å²) in [6.07, 6.45) is 0.328. The zero-order valence-electron chi connectivity index (χ0n) is 12.7. The Bertz CT molecular complexity index is 630. The van der Waals surface area contributed by atoms with Gasteiger partial charge in [0.2, 0.25) is 0 Å². The lowest BCUT2D eigenvalue weighted by atomic mass is 9.96. The number of carboxylic acid groups (broad SMARTS) is 1. The van der Waals surface area contributed by atoms with Crippen molar-refractivity contribution in [1.29, 1.82) is 0 Å². The van der Waals surface area contributed by atoms with E-state index in [-0.39, 0.29) is 5.82 Å². The number of carboxylic acids is 1.